The number of anilines is 1. The topological polar surface area (TPSA) is 80.1 Å². The first kappa shape index (κ1) is 11.8. The fraction of sp³-hybridized carbons (Fsp3) is 0.545. The summed E-state index contributed by atoms with van der Waals surface area (Å²) in [5.41, 5.74) is 0.0732. The summed E-state index contributed by atoms with van der Waals surface area (Å²) in [5.74, 6) is 0.577. The molecule has 17 heavy (non-hydrogen) atoms. The highest BCUT2D eigenvalue weighted by Gasteiger charge is 2.13. The molecule has 0 aromatic carbocycles. The zero-order valence-electron chi connectivity index (χ0n) is 9.56. The van der Waals surface area contributed by atoms with Gasteiger partial charge in [-0.1, -0.05) is 6.42 Å². The molecule has 1 aromatic heterocycles. The van der Waals surface area contributed by atoms with Gasteiger partial charge in [-0.15, -0.1) is 0 Å². The van der Waals surface area contributed by atoms with Crippen molar-refractivity contribution in [3.63, 3.8) is 0 Å². The first-order valence-electron chi connectivity index (χ1n) is 5.83. The van der Waals surface area contributed by atoms with Crippen LogP contribution >= 0.6 is 0 Å². The maximum Gasteiger partial charge on any atom is 0.274 e. The predicted octanol–water partition coefficient (Wildman–Crippen LogP) is 1.54. The molecule has 92 valence electrons. The molecule has 6 nitrogen and oxygen atoms in total. The van der Waals surface area contributed by atoms with Crippen molar-refractivity contribution in [3.05, 3.63) is 28.4 Å². The second-order valence-corrected chi connectivity index (χ2v) is 4.20. The molecule has 2 N–H and O–H groups in total. The Kier molecular flexibility index (Phi) is 3.87. The normalized spacial score (nSPS) is 20.6. The number of nitrogens with one attached hydrogen (secondary N) is 2. The Balaban J connectivity index is 2.01. The highest BCUT2D eigenvalue weighted by Crippen LogP contribution is 2.16. The third-order valence-electron chi connectivity index (χ3n) is 2.85. The number of hydrogen-bond donors (Lipinski definition) is 2. The van der Waals surface area contributed by atoms with Crippen molar-refractivity contribution < 1.29 is 4.92 Å². The van der Waals surface area contributed by atoms with Gasteiger partial charge in [0.1, 0.15) is 5.82 Å². The standard InChI is InChI=1S/C11H16N4O2/c16-15(17)10-4-6-13-11(7-10)14-9-3-1-2-5-12-8-9/h4,6-7,9,12H,1-3,5,8H2,(H,13,14). The summed E-state index contributed by atoms with van der Waals surface area (Å²) < 4.78 is 0. The van der Waals surface area contributed by atoms with Crippen LogP contribution in [0.1, 0.15) is 19.3 Å². The third kappa shape index (κ3) is 3.39. The molecule has 1 aliphatic rings. The van der Waals surface area contributed by atoms with Crippen LogP contribution in [0.25, 0.3) is 0 Å². The van der Waals surface area contributed by atoms with Crippen LogP contribution in [0.5, 0.6) is 0 Å². The third-order valence-corrected chi connectivity index (χ3v) is 2.85. The van der Waals surface area contributed by atoms with Crippen LogP contribution in [-0.4, -0.2) is 29.0 Å². The summed E-state index contributed by atoms with van der Waals surface area (Å²) in [6.07, 6.45) is 4.88. The van der Waals surface area contributed by atoms with Crippen molar-refractivity contribution >= 4 is 11.5 Å². The molecule has 0 spiro atoms. The minimum Gasteiger partial charge on any atom is -0.366 e. The summed E-state index contributed by atoms with van der Waals surface area (Å²) in [6.45, 7) is 1.92. The van der Waals surface area contributed by atoms with Gasteiger partial charge in [-0.25, -0.2) is 4.98 Å². The zero-order valence-corrected chi connectivity index (χ0v) is 9.56. The molecule has 1 unspecified atom stereocenters. The van der Waals surface area contributed by atoms with Crippen LogP contribution in [0.15, 0.2) is 18.3 Å². The van der Waals surface area contributed by atoms with Crippen molar-refractivity contribution in [2.75, 3.05) is 18.4 Å². The van der Waals surface area contributed by atoms with E-state index in [-0.39, 0.29) is 5.69 Å². The van der Waals surface area contributed by atoms with E-state index in [1.54, 1.807) is 0 Å². The first-order chi connectivity index (χ1) is 8.25. The molecule has 0 aliphatic carbocycles. The Morgan fingerprint density at radius 3 is 3.24 bits per heavy atom. The van der Waals surface area contributed by atoms with Gasteiger partial charge in [-0.2, -0.15) is 0 Å². The molecule has 0 amide bonds. The lowest BCUT2D eigenvalue weighted by Gasteiger charge is -2.16. The molecule has 0 saturated carbocycles. The number of nitro groups is 1. The van der Waals surface area contributed by atoms with E-state index < -0.39 is 4.92 Å². The lowest BCUT2D eigenvalue weighted by molar-refractivity contribution is -0.384. The molecule has 2 heterocycles. The lowest BCUT2D eigenvalue weighted by atomic mass is 10.1. The van der Waals surface area contributed by atoms with Crippen LogP contribution in [0.3, 0.4) is 0 Å². The van der Waals surface area contributed by atoms with Crippen LogP contribution in [-0.2, 0) is 0 Å². The highest BCUT2D eigenvalue weighted by atomic mass is 16.6. The quantitative estimate of drug-likeness (QED) is 0.614. The zero-order chi connectivity index (χ0) is 12.1. The molecule has 1 aliphatic heterocycles. The maximum atomic E-state index is 10.6. The van der Waals surface area contributed by atoms with Crippen LogP contribution < -0.4 is 10.6 Å². The van der Waals surface area contributed by atoms with Gasteiger partial charge in [-0.3, -0.25) is 10.1 Å². The summed E-state index contributed by atoms with van der Waals surface area (Å²) in [7, 11) is 0. The van der Waals surface area contributed by atoms with E-state index >= 15 is 0 Å². The fourth-order valence-corrected chi connectivity index (χ4v) is 1.96. The number of aromatic nitrogens is 1. The molecular weight excluding hydrogens is 220 g/mol. The number of nitrogens with zero attached hydrogens (tertiary/aromatic N) is 2. The van der Waals surface area contributed by atoms with E-state index in [2.05, 4.69) is 15.6 Å². The van der Waals surface area contributed by atoms with Crippen LogP contribution in [0.2, 0.25) is 0 Å². The molecule has 1 saturated heterocycles. The highest BCUT2D eigenvalue weighted by molar-refractivity contribution is 5.44. The van der Waals surface area contributed by atoms with Gasteiger partial charge < -0.3 is 10.6 Å². The molecule has 1 fully saturated rings. The summed E-state index contributed by atoms with van der Waals surface area (Å²) in [4.78, 5) is 14.3. The minimum absolute atomic E-state index is 0.0732. The van der Waals surface area contributed by atoms with E-state index in [4.69, 9.17) is 0 Å². The summed E-state index contributed by atoms with van der Waals surface area (Å²) in [5, 5.41) is 17.2. The van der Waals surface area contributed by atoms with Crippen molar-refractivity contribution in [2.45, 2.75) is 25.3 Å². The molecule has 1 aromatic rings. The van der Waals surface area contributed by atoms with Gasteiger partial charge in [0.2, 0.25) is 0 Å². The van der Waals surface area contributed by atoms with E-state index in [1.165, 1.54) is 31.2 Å². The smallest absolute Gasteiger partial charge is 0.274 e. The summed E-state index contributed by atoms with van der Waals surface area (Å²) in [6, 6.07) is 3.17. The van der Waals surface area contributed by atoms with Gasteiger partial charge >= 0.3 is 0 Å². The molecular formula is C11H16N4O2. The summed E-state index contributed by atoms with van der Waals surface area (Å²) >= 11 is 0. The second kappa shape index (κ2) is 5.58. The van der Waals surface area contributed by atoms with E-state index in [1.807, 2.05) is 0 Å². The largest absolute Gasteiger partial charge is 0.366 e. The Labute approximate surface area is 99.6 Å². The fourth-order valence-electron chi connectivity index (χ4n) is 1.96. The maximum absolute atomic E-state index is 10.6. The van der Waals surface area contributed by atoms with Crippen LogP contribution in [0, 0.1) is 10.1 Å². The van der Waals surface area contributed by atoms with Crippen molar-refractivity contribution in [2.24, 2.45) is 0 Å². The number of pyridine rings is 1. The number of hydrogen-bond acceptors (Lipinski definition) is 5. The van der Waals surface area contributed by atoms with E-state index in [9.17, 15) is 10.1 Å². The predicted molar refractivity (Wildman–Crippen MR) is 65.0 cm³/mol. The Morgan fingerprint density at radius 2 is 2.41 bits per heavy atom. The van der Waals surface area contributed by atoms with Gasteiger partial charge in [-0.05, 0) is 19.4 Å². The second-order valence-electron chi connectivity index (χ2n) is 4.20. The molecule has 0 bridgehead atoms. The Morgan fingerprint density at radius 1 is 1.53 bits per heavy atom. The van der Waals surface area contributed by atoms with Crippen LogP contribution in [0.4, 0.5) is 11.5 Å². The first-order valence-corrected chi connectivity index (χ1v) is 5.83. The molecule has 0 radical (unpaired) electrons. The van der Waals surface area contributed by atoms with Crippen molar-refractivity contribution in [1.29, 1.82) is 0 Å². The Bertz CT molecular complexity index is 389. The molecule has 1 atom stereocenters. The number of rotatable bonds is 3. The average molecular weight is 236 g/mol. The molecule has 6 heteroatoms. The van der Waals surface area contributed by atoms with E-state index in [0.29, 0.717) is 11.9 Å². The van der Waals surface area contributed by atoms with Gasteiger partial charge in [0.25, 0.3) is 5.69 Å². The average Bonchev–Trinajstić information content (AvgIpc) is 2.58. The van der Waals surface area contributed by atoms with Gasteiger partial charge in [0, 0.05) is 24.8 Å². The lowest BCUT2D eigenvalue weighted by Crippen LogP contribution is -2.31. The van der Waals surface area contributed by atoms with Gasteiger partial charge in [0.05, 0.1) is 11.0 Å². The SMILES string of the molecule is O=[N+]([O-])c1ccnc(NC2CCCCNC2)c1. The van der Waals surface area contributed by atoms with Gasteiger partial charge in [0.15, 0.2) is 0 Å². The van der Waals surface area contributed by atoms with E-state index in [0.717, 1.165) is 19.5 Å². The molecule has 2 rings (SSSR count). The van der Waals surface area contributed by atoms with Crippen molar-refractivity contribution in [3.8, 4) is 0 Å². The monoisotopic (exact) mass is 236 g/mol. The van der Waals surface area contributed by atoms with Crippen molar-refractivity contribution in [1.82, 2.24) is 10.3 Å². The Hall–Kier alpha value is -1.69. The minimum atomic E-state index is -0.405.